The monoisotopic (exact) mass is 409 g/mol. The van der Waals surface area contributed by atoms with E-state index < -0.39 is 4.92 Å². The van der Waals surface area contributed by atoms with E-state index in [-0.39, 0.29) is 17.3 Å². The molecule has 5 aromatic rings. The van der Waals surface area contributed by atoms with E-state index in [2.05, 4.69) is 30.6 Å². The fraction of sp³-hybridized carbons (Fsp3) is 0. The van der Waals surface area contributed by atoms with E-state index in [0.29, 0.717) is 11.4 Å². The highest BCUT2D eigenvalue weighted by molar-refractivity contribution is 5.96. The molecule has 0 aliphatic carbocycles. The van der Waals surface area contributed by atoms with Crippen LogP contribution in [0.2, 0.25) is 0 Å². The molecular weight excluding hydrogens is 394 g/mol. The average molecular weight is 409 g/mol. The Bertz CT molecular complexity index is 1330. The predicted octanol–water partition coefficient (Wildman–Crippen LogP) is 4.97. The molecule has 0 aliphatic heterocycles. The molecule has 9 nitrogen and oxygen atoms in total. The fourth-order valence-corrected chi connectivity index (χ4v) is 3.41. The molecule has 0 radical (unpaired) electrons. The van der Waals surface area contributed by atoms with Gasteiger partial charge in [-0.15, -0.1) is 0 Å². The van der Waals surface area contributed by atoms with Crippen LogP contribution in [-0.4, -0.2) is 24.9 Å². The van der Waals surface area contributed by atoms with Crippen LogP contribution in [0, 0.1) is 10.1 Å². The maximum atomic E-state index is 12.0. The lowest BCUT2D eigenvalue weighted by Gasteiger charge is -2.12. The van der Waals surface area contributed by atoms with Gasteiger partial charge < -0.3 is 10.6 Å². The summed E-state index contributed by atoms with van der Waals surface area (Å²) in [5.41, 5.74) is 2.60. The van der Waals surface area contributed by atoms with Crippen molar-refractivity contribution < 1.29 is 4.92 Å². The second kappa shape index (κ2) is 7.64. The average Bonchev–Trinajstić information content (AvgIpc) is 2.79. The van der Waals surface area contributed by atoms with Gasteiger partial charge in [0.1, 0.15) is 6.33 Å². The van der Waals surface area contributed by atoms with Gasteiger partial charge in [0, 0.05) is 34.5 Å². The van der Waals surface area contributed by atoms with E-state index in [4.69, 9.17) is 0 Å². The number of rotatable bonds is 5. The van der Waals surface area contributed by atoms with E-state index in [0.717, 1.165) is 21.8 Å². The van der Waals surface area contributed by atoms with Gasteiger partial charge in [-0.1, -0.05) is 12.1 Å². The number of nitrogens with one attached hydrogen (secondary N) is 2. The Morgan fingerprint density at radius 2 is 1.19 bits per heavy atom. The van der Waals surface area contributed by atoms with Gasteiger partial charge in [0.25, 0.3) is 0 Å². The van der Waals surface area contributed by atoms with Gasteiger partial charge >= 0.3 is 5.69 Å². The number of benzene rings is 2. The van der Waals surface area contributed by atoms with Crippen molar-refractivity contribution in [1.82, 2.24) is 19.9 Å². The van der Waals surface area contributed by atoms with E-state index in [9.17, 15) is 10.1 Å². The van der Waals surface area contributed by atoms with Crippen molar-refractivity contribution in [3.63, 3.8) is 0 Å². The SMILES string of the molecule is O=[N+]([O-])c1c(Nc2cccc3ncccc23)ncnc1Nc1cccc2ncccc12. The van der Waals surface area contributed by atoms with Crippen LogP contribution >= 0.6 is 0 Å². The molecule has 31 heavy (non-hydrogen) atoms. The van der Waals surface area contributed by atoms with Crippen molar-refractivity contribution in [3.05, 3.63) is 89.5 Å². The predicted molar refractivity (Wildman–Crippen MR) is 119 cm³/mol. The Morgan fingerprint density at radius 3 is 1.68 bits per heavy atom. The Balaban J connectivity index is 1.59. The van der Waals surface area contributed by atoms with Crippen LogP contribution in [0.25, 0.3) is 21.8 Å². The van der Waals surface area contributed by atoms with Gasteiger partial charge in [0.15, 0.2) is 0 Å². The third-order valence-corrected chi connectivity index (χ3v) is 4.80. The molecule has 0 fully saturated rings. The lowest BCUT2D eigenvalue weighted by atomic mass is 10.1. The second-order valence-corrected chi connectivity index (χ2v) is 6.68. The Hall–Kier alpha value is -4.66. The first kappa shape index (κ1) is 18.4. The molecule has 150 valence electrons. The molecular formula is C22H15N7O2. The molecule has 0 saturated heterocycles. The molecule has 3 heterocycles. The lowest BCUT2D eigenvalue weighted by Crippen LogP contribution is -2.06. The summed E-state index contributed by atoms with van der Waals surface area (Å²) in [6, 6.07) is 18.4. The number of nitro groups is 1. The zero-order valence-corrected chi connectivity index (χ0v) is 16.1. The zero-order valence-electron chi connectivity index (χ0n) is 16.1. The highest BCUT2D eigenvalue weighted by Crippen LogP contribution is 2.35. The summed E-state index contributed by atoms with van der Waals surface area (Å²) >= 11 is 0. The number of hydrogen-bond acceptors (Lipinski definition) is 8. The Labute approximate surface area is 176 Å². The number of anilines is 4. The fourth-order valence-electron chi connectivity index (χ4n) is 3.41. The van der Waals surface area contributed by atoms with E-state index in [1.54, 1.807) is 12.4 Å². The van der Waals surface area contributed by atoms with Gasteiger partial charge in [0.05, 0.1) is 16.0 Å². The largest absolute Gasteiger partial charge is 0.353 e. The quantitative estimate of drug-likeness (QED) is 0.308. The van der Waals surface area contributed by atoms with Gasteiger partial charge in [0.2, 0.25) is 11.6 Å². The highest BCUT2D eigenvalue weighted by atomic mass is 16.6. The highest BCUT2D eigenvalue weighted by Gasteiger charge is 2.24. The normalized spacial score (nSPS) is 10.8. The first-order valence-electron chi connectivity index (χ1n) is 9.41. The summed E-state index contributed by atoms with van der Waals surface area (Å²) in [7, 11) is 0. The standard InChI is InChI=1S/C22H15N7O2/c30-29(31)20-21(27-18-9-1-7-16-14(18)5-3-11-23-16)25-13-26-22(20)28-19-10-2-8-17-15(19)6-4-12-24-17/h1-13H,(H2,25,26,27,28). The van der Waals surface area contributed by atoms with E-state index >= 15 is 0 Å². The van der Waals surface area contributed by atoms with Gasteiger partial charge in [-0.2, -0.15) is 0 Å². The minimum Gasteiger partial charge on any atom is -0.334 e. The number of aromatic nitrogens is 4. The summed E-state index contributed by atoms with van der Waals surface area (Å²) in [6.07, 6.45) is 4.67. The molecule has 9 heteroatoms. The van der Waals surface area contributed by atoms with Crippen molar-refractivity contribution in [2.24, 2.45) is 0 Å². The number of fused-ring (bicyclic) bond motifs is 2. The molecule has 3 aromatic heterocycles. The molecule has 0 atom stereocenters. The summed E-state index contributed by atoms with van der Waals surface area (Å²) in [4.78, 5) is 28.4. The van der Waals surface area contributed by atoms with Crippen molar-refractivity contribution in [3.8, 4) is 0 Å². The van der Waals surface area contributed by atoms with Gasteiger partial charge in [-0.05, 0) is 48.5 Å². The lowest BCUT2D eigenvalue weighted by molar-refractivity contribution is -0.383. The molecule has 0 unspecified atom stereocenters. The molecule has 2 aromatic carbocycles. The summed E-state index contributed by atoms with van der Waals surface area (Å²) in [5.74, 6) is 0.162. The van der Waals surface area contributed by atoms with Crippen LogP contribution in [0.3, 0.4) is 0 Å². The third-order valence-electron chi connectivity index (χ3n) is 4.80. The number of nitrogens with zero attached hydrogens (tertiary/aromatic N) is 5. The van der Waals surface area contributed by atoms with Crippen molar-refractivity contribution >= 4 is 50.5 Å². The Morgan fingerprint density at radius 1 is 0.677 bits per heavy atom. The summed E-state index contributed by atoms with van der Waals surface area (Å²) in [5, 5.41) is 19.8. The molecule has 0 amide bonds. The third kappa shape index (κ3) is 3.44. The molecule has 0 bridgehead atoms. The van der Waals surface area contributed by atoms with Crippen LogP contribution in [0.1, 0.15) is 0 Å². The maximum absolute atomic E-state index is 12.0. The van der Waals surface area contributed by atoms with Crippen LogP contribution in [-0.2, 0) is 0 Å². The second-order valence-electron chi connectivity index (χ2n) is 6.68. The molecule has 2 N–H and O–H groups in total. The van der Waals surface area contributed by atoms with Crippen LogP contribution < -0.4 is 10.6 Å². The van der Waals surface area contributed by atoms with Crippen LogP contribution in [0.5, 0.6) is 0 Å². The van der Waals surface area contributed by atoms with Gasteiger partial charge in [-0.25, -0.2) is 9.97 Å². The van der Waals surface area contributed by atoms with Crippen molar-refractivity contribution in [1.29, 1.82) is 0 Å². The smallest absolute Gasteiger partial charge is 0.334 e. The topological polar surface area (TPSA) is 119 Å². The molecule has 0 spiro atoms. The van der Waals surface area contributed by atoms with Crippen LogP contribution in [0.15, 0.2) is 79.4 Å². The minimum absolute atomic E-state index is 0.0808. The van der Waals surface area contributed by atoms with E-state index in [1.165, 1.54) is 6.33 Å². The molecule has 0 aliphatic rings. The number of pyridine rings is 2. The van der Waals surface area contributed by atoms with Crippen molar-refractivity contribution in [2.45, 2.75) is 0 Å². The van der Waals surface area contributed by atoms with Crippen molar-refractivity contribution in [2.75, 3.05) is 10.6 Å². The van der Waals surface area contributed by atoms with E-state index in [1.807, 2.05) is 60.7 Å². The van der Waals surface area contributed by atoms with Crippen LogP contribution in [0.4, 0.5) is 28.7 Å². The minimum atomic E-state index is -0.503. The molecule has 0 saturated carbocycles. The summed E-state index contributed by atoms with van der Waals surface area (Å²) in [6.45, 7) is 0. The first-order valence-corrected chi connectivity index (χ1v) is 9.41. The molecule has 5 rings (SSSR count). The maximum Gasteiger partial charge on any atom is 0.353 e. The zero-order chi connectivity index (χ0) is 21.2. The Kier molecular flexibility index (Phi) is 4.53. The first-order chi connectivity index (χ1) is 15.2. The number of hydrogen-bond donors (Lipinski definition) is 2. The summed E-state index contributed by atoms with van der Waals surface area (Å²) < 4.78 is 0. The van der Waals surface area contributed by atoms with Gasteiger partial charge in [-0.3, -0.25) is 20.1 Å².